The highest BCUT2D eigenvalue weighted by molar-refractivity contribution is 7.81. The van der Waals surface area contributed by atoms with Crippen molar-refractivity contribution in [1.82, 2.24) is 0 Å². The second-order valence-corrected chi connectivity index (χ2v) is 15.0. The molecule has 0 atom stereocenters. The summed E-state index contributed by atoms with van der Waals surface area (Å²) in [5.74, 6) is 0. The van der Waals surface area contributed by atoms with E-state index in [0.29, 0.717) is 10.8 Å². The summed E-state index contributed by atoms with van der Waals surface area (Å²) in [6.07, 6.45) is 29.7. The van der Waals surface area contributed by atoms with Gasteiger partial charge in [-0.25, -0.2) is 8.37 Å². The first-order valence-corrected chi connectivity index (χ1v) is 18.4. The lowest BCUT2D eigenvalue weighted by atomic mass is 9.82. The van der Waals surface area contributed by atoms with Crippen LogP contribution in [0.4, 0.5) is 0 Å². The molecule has 0 rings (SSSR count). The Morgan fingerprint density at radius 1 is 0.410 bits per heavy atom. The lowest BCUT2D eigenvalue weighted by Gasteiger charge is -2.24. The van der Waals surface area contributed by atoms with Gasteiger partial charge in [-0.15, -0.1) is 0 Å². The first-order valence-electron chi connectivity index (χ1n) is 17.1. The molecule has 0 N–H and O–H groups in total. The Bertz CT molecular complexity index is 579. The number of rotatable bonds is 30. The van der Waals surface area contributed by atoms with Crippen LogP contribution in [0.2, 0.25) is 0 Å². The first kappa shape index (κ1) is 38.9. The highest BCUT2D eigenvalue weighted by Crippen LogP contribution is 2.31. The zero-order valence-electron chi connectivity index (χ0n) is 27.4. The normalized spacial score (nSPS) is 12.9. The van der Waals surface area contributed by atoms with E-state index in [2.05, 4.69) is 41.5 Å². The Hall–Kier alpha value is -0.130. The maximum atomic E-state index is 11.9. The summed E-state index contributed by atoms with van der Waals surface area (Å²) in [5.41, 5.74) is 0.981. The Kier molecular flexibility index (Phi) is 24.4. The molecule has 0 heterocycles. The molecule has 0 spiro atoms. The van der Waals surface area contributed by atoms with Crippen molar-refractivity contribution in [1.29, 1.82) is 0 Å². The summed E-state index contributed by atoms with van der Waals surface area (Å²) < 4.78 is 33.9. The third kappa shape index (κ3) is 27.8. The van der Waals surface area contributed by atoms with Gasteiger partial charge < -0.3 is 0 Å². The molecule has 0 aromatic carbocycles. The third-order valence-electron chi connectivity index (χ3n) is 8.37. The van der Waals surface area contributed by atoms with Crippen LogP contribution in [-0.4, -0.2) is 21.6 Å². The van der Waals surface area contributed by atoms with Crippen LogP contribution in [0.1, 0.15) is 196 Å². The summed E-state index contributed by atoms with van der Waals surface area (Å²) in [6.45, 7) is 14.7. The first-order chi connectivity index (χ1) is 18.5. The minimum atomic E-state index is -3.84. The molecule has 0 radical (unpaired) electrons. The van der Waals surface area contributed by atoms with Gasteiger partial charge in [0.15, 0.2) is 0 Å². The van der Waals surface area contributed by atoms with E-state index in [9.17, 15) is 8.42 Å². The number of hydrogen-bond donors (Lipinski definition) is 0. The van der Waals surface area contributed by atoms with Gasteiger partial charge in [-0.3, -0.25) is 0 Å². The molecule has 0 unspecified atom stereocenters. The van der Waals surface area contributed by atoms with Crippen molar-refractivity contribution >= 4 is 10.4 Å². The van der Waals surface area contributed by atoms with Gasteiger partial charge in [0.1, 0.15) is 0 Å². The topological polar surface area (TPSA) is 52.6 Å². The second-order valence-electron chi connectivity index (χ2n) is 13.7. The van der Waals surface area contributed by atoms with Crippen LogP contribution in [0.3, 0.4) is 0 Å². The molecule has 0 aliphatic rings. The van der Waals surface area contributed by atoms with Gasteiger partial charge >= 0.3 is 10.4 Å². The lowest BCUT2D eigenvalue weighted by Crippen LogP contribution is -2.12. The highest BCUT2D eigenvalue weighted by atomic mass is 32.3. The van der Waals surface area contributed by atoms with Gasteiger partial charge in [0.25, 0.3) is 0 Å². The molecule has 0 aliphatic heterocycles. The van der Waals surface area contributed by atoms with Crippen LogP contribution < -0.4 is 0 Å². The van der Waals surface area contributed by atoms with Gasteiger partial charge in [-0.2, -0.15) is 8.42 Å². The minimum absolute atomic E-state index is 0.240. The smallest absolute Gasteiger partial charge is 0.248 e. The molecule has 236 valence electrons. The van der Waals surface area contributed by atoms with E-state index >= 15 is 0 Å². The molecule has 5 heteroatoms. The molecule has 0 saturated heterocycles. The molecule has 0 aliphatic carbocycles. The van der Waals surface area contributed by atoms with E-state index < -0.39 is 10.4 Å². The molecule has 0 saturated carbocycles. The standard InChI is InChI=1S/C34H70O4S/c1-7-9-21-27-33(3,4)29-23-17-13-11-15-19-25-31-37-39(35,36)38-32-26-20-16-12-14-18-24-30-34(5,6)28-22-10-8-2/h7-32H2,1-6H3. The molecular formula is C34H70O4S. The van der Waals surface area contributed by atoms with Gasteiger partial charge in [-0.1, -0.05) is 157 Å². The van der Waals surface area contributed by atoms with Crippen LogP contribution in [0.5, 0.6) is 0 Å². The number of hydrogen-bond acceptors (Lipinski definition) is 4. The predicted octanol–water partition coefficient (Wildman–Crippen LogP) is 11.7. The summed E-state index contributed by atoms with van der Waals surface area (Å²) in [4.78, 5) is 0. The lowest BCUT2D eigenvalue weighted by molar-refractivity contribution is 0.207. The maximum Gasteiger partial charge on any atom is 0.399 e. The molecule has 0 fully saturated rings. The van der Waals surface area contributed by atoms with Crippen LogP contribution >= 0.6 is 0 Å². The average Bonchev–Trinajstić information content (AvgIpc) is 2.86. The SMILES string of the molecule is CCCCCC(C)(C)CCCCCCCCCOS(=O)(=O)OCCCCCCCCCC(C)(C)CCCCC. The van der Waals surface area contributed by atoms with Crippen LogP contribution in [-0.2, 0) is 18.8 Å². The van der Waals surface area contributed by atoms with Gasteiger partial charge in [0.2, 0.25) is 0 Å². The van der Waals surface area contributed by atoms with Gasteiger partial charge in [-0.05, 0) is 49.4 Å². The monoisotopic (exact) mass is 574 g/mol. The molecule has 0 aromatic rings. The van der Waals surface area contributed by atoms with E-state index in [1.807, 2.05) is 0 Å². The third-order valence-corrected chi connectivity index (χ3v) is 9.28. The fraction of sp³-hybridized carbons (Fsp3) is 1.00. The summed E-state index contributed by atoms with van der Waals surface area (Å²) in [5, 5.41) is 0. The molecule has 39 heavy (non-hydrogen) atoms. The molecule has 0 aromatic heterocycles. The van der Waals surface area contributed by atoms with Crippen molar-refractivity contribution in [2.75, 3.05) is 13.2 Å². The minimum Gasteiger partial charge on any atom is -0.248 e. The van der Waals surface area contributed by atoms with Crippen molar-refractivity contribution in [3.05, 3.63) is 0 Å². The summed E-state index contributed by atoms with van der Waals surface area (Å²) in [6, 6.07) is 0. The number of unbranched alkanes of at least 4 members (excludes halogenated alkanes) is 16. The average molecular weight is 575 g/mol. The van der Waals surface area contributed by atoms with Crippen molar-refractivity contribution in [2.24, 2.45) is 10.8 Å². The van der Waals surface area contributed by atoms with E-state index in [1.165, 1.54) is 116 Å². The fourth-order valence-corrected chi connectivity index (χ4v) is 6.20. The Morgan fingerprint density at radius 3 is 0.974 bits per heavy atom. The van der Waals surface area contributed by atoms with E-state index in [0.717, 1.165) is 38.5 Å². The molecule has 0 amide bonds. The largest absolute Gasteiger partial charge is 0.399 e. The van der Waals surface area contributed by atoms with Crippen molar-refractivity contribution < 1.29 is 16.8 Å². The highest BCUT2D eigenvalue weighted by Gasteiger charge is 2.17. The van der Waals surface area contributed by atoms with Crippen molar-refractivity contribution in [3.63, 3.8) is 0 Å². The Morgan fingerprint density at radius 2 is 0.667 bits per heavy atom. The van der Waals surface area contributed by atoms with Crippen LogP contribution in [0, 0.1) is 10.8 Å². The summed E-state index contributed by atoms with van der Waals surface area (Å²) >= 11 is 0. The quantitative estimate of drug-likeness (QED) is 0.0800. The zero-order valence-corrected chi connectivity index (χ0v) is 28.2. The van der Waals surface area contributed by atoms with Crippen LogP contribution in [0.15, 0.2) is 0 Å². The molecular weight excluding hydrogens is 504 g/mol. The molecule has 0 bridgehead atoms. The Balaban J connectivity index is 3.52. The summed E-state index contributed by atoms with van der Waals surface area (Å²) in [7, 11) is -3.84. The van der Waals surface area contributed by atoms with E-state index in [1.54, 1.807) is 0 Å². The van der Waals surface area contributed by atoms with E-state index in [-0.39, 0.29) is 13.2 Å². The Labute approximate surface area is 246 Å². The van der Waals surface area contributed by atoms with Gasteiger partial charge in [0.05, 0.1) is 13.2 Å². The molecule has 4 nitrogen and oxygen atoms in total. The predicted molar refractivity (Wildman–Crippen MR) is 171 cm³/mol. The van der Waals surface area contributed by atoms with Gasteiger partial charge in [0, 0.05) is 0 Å². The van der Waals surface area contributed by atoms with Crippen molar-refractivity contribution in [2.45, 2.75) is 196 Å². The van der Waals surface area contributed by atoms with Crippen LogP contribution in [0.25, 0.3) is 0 Å². The second kappa shape index (κ2) is 24.5. The van der Waals surface area contributed by atoms with Crippen molar-refractivity contribution in [3.8, 4) is 0 Å². The van der Waals surface area contributed by atoms with E-state index in [4.69, 9.17) is 8.37 Å². The fourth-order valence-electron chi connectivity index (χ4n) is 5.49. The maximum absolute atomic E-state index is 11.9. The zero-order chi connectivity index (χ0) is 29.3.